The number of thioether (sulfide) groups is 1. The SMILES string of the molecule is O=C(CCCCSc1ncn[nH]1)c1cc(-c2cccs2)on1. The zero-order valence-corrected chi connectivity index (χ0v) is 13.3. The molecule has 0 aromatic carbocycles. The van der Waals surface area contributed by atoms with Gasteiger partial charge in [-0.1, -0.05) is 23.0 Å². The Morgan fingerprint density at radius 3 is 3.14 bits per heavy atom. The molecule has 0 spiro atoms. The van der Waals surface area contributed by atoms with Gasteiger partial charge in [0.05, 0.1) is 4.88 Å². The number of unbranched alkanes of at least 4 members (excludes halogenated alkanes) is 1. The molecule has 6 nitrogen and oxygen atoms in total. The van der Waals surface area contributed by atoms with E-state index in [1.54, 1.807) is 29.2 Å². The molecule has 0 amide bonds. The van der Waals surface area contributed by atoms with Crippen molar-refractivity contribution in [3.63, 3.8) is 0 Å². The number of aromatic nitrogens is 4. The van der Waals surface area contributed by atoms with E-state index in [0.717, 1.165) is 28.6 Å². The highest BCUT2D eigenvalue weighted by Crippen LogP contribution is 2.25. The fraction of sp³-hybridized carbons (Fsp3) is 0.286. The van der Waals surface area contributed by atoms with Gasteiger partial charge < -0.3 is 4.52 Å². The van der Waals surface area contributed by atoms with Crippen LogP contribution in [0.2, 0.25) is 0 Å². The lowest BCUT2D eigenvalue weighted by atomic mass is 10.1. The number of Topliss-reactive ketones (excluding diaryl/α,β-unsaturated/α-hetero) is 1. The predicted molar refractivity (Wildman–Crippen MR) is 85.1 cm³/mol. The summed E-state index contributed by atoms with van der Waals surface area (Å²) in [5, 5.41) is 13.2. The highest BCUT2D eigenvalue weighted by molar-refractivity contribution is 7.99. The van der Waals surface area contributed by atoms with Crippen molar-refractivity contribution in [2.45, 2.75) is 24.4 Å². The number of thiophene rings is 1. The molecule has 0 atom stereocenters. The number of nitrogens with zero attached hydrogens (tertiary/aromatic N) is 3. The van der Waals surface area contributed by atoms with Crippen molar-refractivity contribution < 1.29 is 9.32 Å². The fourth-order valence-electron chi connectivity index (χ4n) is 1.89. The van der Waals surface area contributed by atoms with Gasteiger partial charge in [0.2, 0.25) is 0 Å². The van der Waals surface area contributed by atoms with Crippen LogP contribution < -0.4 is 0 Å². The molecule has 3 aromatic rings. The van der Waals surface area contributed by atoms with Crippen LogP contribution in [0.4, 0.5) is 0 Å². The molecule has 114 valence electrons. The summed E-state index contributed by atoms with van der Waals surface area (Å²) in [6.07, 6.45) is 3.73. The molecule has 0 saturated heterocycles. The second-order valence-corrected chi connectivity index (χ2v) is 6.60. The Hall–Kier alpha value is -1.93. The number of aromatic amines is 1. The lowest BCUT2D eigenvalue weighted by Gasteiger charge is -1.97. The van der Waals surface area contributed by atoms with Crippen molar-refractivity contribution in [2.24, 2.45) is 0 Å². The summed E-state index contributed by atoms with van der Waals surface area (Å²) >= 11 is 3.17. The minimum absolute atomic E-state index is 0.0243. The molecule has 0 aliphatic heterocycles. The van der Waals surface area contributed by atoms with Crippen molar-refractivity contribution in [1.82, 2.24) is 20.3 Å². The number of hydrogen-bond acceptors (Lipinski definition) is 7. The Kier molecular flexibility index (Phi) is 5.02. The summed E-state index contributed by atoms with van der Waals surface area (Å²) in [7, 11) is 0. The molecular weight excluding hydrogens is 320 g/mol. The molecule has 3 rings (SSSR count). The molecule has 3 heterocycles. The maximum Gasteiger partial charge on any atom is 0.184 e. The van der Waals surface area contributed by atoms with E-state index in [0.29, 0.717) is 17.9 Å². The lowest BCUT2D eigenvalue weighted by Crippen LogP contribution is -1.99. The Labute approximate surface area is 135 Å². The van der Waals surface area contributed by atoms with E-state index in [-0.39, 0.29) is 5.78 Å². The van der Waals surface area contributed by atoms with Crippen LogP contribution in [0.15, 0.2) is 39.6 Å². The van der Waals surface area contributed by atoms with Gasteiger partial charge in [0.1, 0.15) is 12.0 Å². The second kappa shape index (κ2) is 7.37. The average Bonchev–Trinajstić information content (AvgIpc) is 3.26. The molecule has 8 heteroatoms. The molecule has 0 aliphatic rings. The third-order valence-electron chi connectivity index (χ3n) is 2.99. The van der Waals surface area contributed by atoms with Crippen LogP contribution in [0.3, 0.4) is 0 Å². The number of H-pyrrole nitrogens is 1. The molecule has 1 N–H and O–H groups in total. The number of carbonyl (C=O) groups excluding carboxylic acids is 1. The first-order valence-electron chi connectivity index (χ1n) is 6.85. The van der Waals surface area contributed by atoms with E-state index in [4.69, 9.17) is 4.52 Å². The maximum atomic E-state index is 12.1. The summed E-state index contributed by atoms with van der Waals surface area (Å²) < 4.78 is 5.22. The van der Waals surface area contributed by atoms with E-state index in [9.17, 15) is 4.79 Å². The Morgan fingerprint density at radius 2 is 2.36 bits per heavy atom. The predicted octanol–water partition coefficient (Wildman–Crippen LogP) is 3.67. The average molecular weight is 334 g/mol. The monoisotopic (exact) mass is 334 g/mol. The Morgan fingerprint density at radius 1 is 1.41 bits per heavy atom. The summed E-state index contributed by atoms with van der Waals surface area (Å²) in [6.45, 7) is 0. The summed E-state index contributed by atoms with van der Waals surface area (Å²) in [4.78, 5) is 17.1. The third kappa shape index (κ3) is 3.83. The zero-order valence-electron chi connectivity index (χ0n) is 11.7. The molecule has 0 saturated carbocycles. The van der Waals surface area contributed by atoms with Crippen LogP contribution in [0, 0.1) is 0 Å². The van der Waals surface area contributed by atoms with Gasteiger partial charge in [-0.05, 0) is 24.3 Å². The number of carbonyl (C=O) groups is 1. The van der Waals surface area contributed by atoms with Gasteiger partial charge in [-0.25, -0.2) is 4.98 Å². The molecule has 3 aromatic heterocycles. The molecule has 0 bridgehead atoms. The van der Waals surface area contributed by atoms with E-state index in [2.05, 4.69) is 20.3 Å². The third-order valence-corrected chi connectivity index (χ3v) is 4.84. The normalized spacial score (nSPS) is 10.9. The van der Waals surface area contributed by atoms with Crippen molar-refractivity contribution in [1.29, 1.82) is 0 Å². The number of hydrogen-bond donors (Lipinski definition) is 1. The molecule has 0 aliphatic carbocycles. The summed E-state index contributed by atoms with van der Waals surface area (Å²) in [5.41, 5.74) is 0.409. The largest absolute Gasteiger partial charge is 0.355 e. The smallest absolute Gasteiger partial charge is 0.184 e. The van der Waals surface area contributed by atoms with Crippen molar-refractivity contribution in [3.05, 3.63) is 35.6 Å². The van der Waals surface area contributed by atoms with Crippen LogP contribution >= 0.6 is 23.1 Å². The first-order valence-corrected chi connectivity index (χ1v) is 8.71. The minimum atomic E-state index is 0.0243. The number of nitrogens with one attached hydrogen (secondary N) is 1. The van der Waals surface area contributed by atoms with Gasteiger partial charge in [-0.3, -0.25) is 9.89 Å². The molecule has 0 fully saturated rings. The van der Waals surface area contributed by atoms with Gasteiger partial charge in [0.15, 0.2) is 16.7 Å². The van der Waals surface area contributed by atoms with Gasteiger partial charge in [0.25, 0.3) is 0 Å². The van der Waals surface area contributed by atoms with Gasteiger partial charge in [0, 0.05) is 18.2 Å². The highest BCUT2D eigenvalue weighted by atomic mass is 32.2. The standard InChI is InChI=1S/C14H14N4O2S2/c19-11(4-1-2-6-22-14-15-9-16-17-14)10-8-12(20-18-10)13-5-3-7-21-13/h3,5,7-9H,1-2,4,6H2,(H,15,16,17). The molecular formula is C14H14N4O2S2. The van der Waals surface area contributed by atoms with Crippen molar-refractivity contribution >= 4 is 28.9 Å². The summed E-state index contributed by atoms with van der Waals surface area (Å²) in [5.74, 6) is 1.58. The number of rotatable bonds is 8. The Balaban J connectivity index is 1.42. The zero-order chi connectivity index (χ0) is 15.2. The van der Waals surface area contributed by atoms with Crippen LogP contribution in [-0.4, -0.2) is 31.9 Å². The molecule has 22 heavy (non-hydrogen) atoms. The van der Waals surface area contributed by atoms with Crippen LogP contribution in [0.5, 0.6) is 0 Å². The first kappa shape index (κ1) is 15.0. The van der Waals surface area contributed by atoms with Crippen molar-refractivity contribution in [2.75, 3.05) is 5.75 Å². The lowest BCUT2D eigenvalue weighted by molar-refractivity contribution is 0.0971. The van der Waals surface area contributed by atoms with Crippen LogP contribution in [-0.2, 0) is 0 Å². The van der Waals surface area contributed by atoms with Crippen LogP contribution in [0.25, 0.3) is 10.6 Å². The number of ketones is 1. The van der Waals surface area contributed by atoms with Crippen LogP contribution in [0.1, 0.15) is 29.8 Å². The topological polar surface area (TPSA) is 84.7 Å². The highest BCUT2D eigenvalue weighted by Gasteiger charge is 2.13. The van der Waals surface area contributed by atoms with E-state index >= 15 is 0 Å². The van der Waals surface area contributed by atoms with E-state index < -0.39 is 0 Å². The van der Waals surface area contributed by atoms with Gasteiger partial charge in [-0.2, -0.15) is 5.10 Å². The maximum absolute atomic E-state index is 12.1. The van der Waals surface area contributed by atoms with Gasteiger partial charge >= 0.3 is 0 Å². The first-order chi connectivity index (χ1) is 10.8. The van der Waals surface area contributed by atoms with Gasteiger partial charge in [-0.15, -0.1) is 11.3 Å². The fourth-order valence-corrected chi connectivity index (χ4v) is 3.34. The summed E-state index contributed by atoms with van der Waals surface area (Å²) in [6, 6.07) is 5.60. The van der Waals surface area contributed by atoms with Crippen molar-refractivity contribution in [3.8, 4) is 10.6 Å². The quantitative estimate of drug-likeness (QED) is 0.384. The molecule has 0 unspecified atom stereocenters. The van der Waals surface area contributed by atoms with E-state index in [1.807, 2.05) is 17.5 Å². The van der Waals surface area contributed by atoms with E-state index in [1.165, 1.54) is 6.33 Å². The minimum Gasteiger partial charge on any atom is -0.355 e. The second-order valence-electron chi connectivity index (χ2n) is 4.57. The Bertz CT molecular complexity index is 707. The molecule has 0 radical (unpaired) electrons.